The highest BCUT2D eigenvalue weighted by molar-refractivity contribution is 5.83. The summed E-state index contributed by atoms with van der Waals surface area (Å²) in [7, 11) is 6.32. The molecule has 0 radical (unpaired) electrons. The number of carboxylic acids is 1. The van der Waals surface area contributed by atoms with E-state index in [2.05, 4.69) is 0 Å². The van der Waals surface area contributed by atoms with Crippen LogP contribution in [0.3, 0.4) is 0 Å². The molecule has 2 aromatic rings. The van der Waals surface area contributed by atoms with Crippen molar-refractivity contribution in [2.24, 2.45) is 0 Å². The molecule has 0 heterocycles. The van der Waals surface area contributed by atoms with Gasteiger partial charge in [0.15, 0.2) is 23.0 Å². The lowest BCUT2D eigenvalue weighted by Crippen LogP contribution is -1.96. The van der Waals surface area contributed by atoms with Gasteiger partial charge in [-0.05, 0) is 41.0 Å². The maximum Gasteiger partial charge on any atom is 0.307 e. The first kappa shape index (κ1) is 20.9. The Hall–Kier alpha value is -3.41. The average molecular weight is 384 g/mol. The fourth-order valence-corrected chi connectivity index (χ4v) is 2.70. The Kier molecular flexibility index (Phi) is 7.51. The molecular weight excluding hydrogens is 360 g/mol. The number of hydrogen-bond acceptors (Lipinski definition) is 5. The highest BCUT2D eigenvalue weighted by Gasteiger charge is 2.12. The molecular formula is C22H24O6. The molecule has 1 N–H and O–H groups in total. The van der Waals surface area contributed by atoms with E-state index in [0.29, 0.717) is 23.0 Å². The molecule has 0 saturated heterocycles. The molecule has 0 spiro atoms. The lowest BCUT2D eigenvalue weighted by atomic mass is 9.96. The fourth-order valence-electron chi connectivity index (χ4n) is 2.70. The molecule has 0 atom stereocenters. The summed E-state index contributed by atoms with van der Waals surface area (Å²) in [6.07, 6.45) is 5.10. The Morgan fingerprint density at radius 2 is 1.29 bits per heavy atom. The molecule has 6 heteroatoms. The minimum Gasteiger partial charge on any atom is -0.493 e. The van der Waals surface area contributed by atoms with Gasteiger partial charge in [0.05, 0.1) is 34.9 Å². The zero-order valence-electron chi connectivity index (χ0n) is 16.4. The van der Waals surface area contributed by atoms with Gasteiger partial charge in [-0.1, -0.05) is 30.4 Å². The van der Waals surface area contributed by atoms with Gasteiger partial charge in [-0.2, -0.15) is 0 Å². The van der Waals surface area contributed by atoms with Crippen LogP contribution in [0.1, 0.15) is 17.5 Å². The van der Waals surface area contributed by atoms with E-state index in [1.54, 1.807) is 40.6 Å². The first-order chi connectivity index (χ1) is 13.5. The van der Waals surface area contributed by atoms with Crippen LogP contribution in [0.2, 0.25) is 0 Å². The van der Waals surface area contributed by atoms with Gasteiger partial charge in [-0.25, -0.2) is 0 Å². The van der Waals surface area contributed by atoms with Crippen molar-refractivity contribution in [1.29, 1.82) is 0 Å². The summed E-state index contributed by atoms with van der Waals surface area (Å²) in [4.78, 5) is 10.8. The average Bonchev–Trinajstić information content (AvgIpc) is 2.72. The van der Waals surface area contributed by atoms with Crippen molar-refractivity contribution in [3.05, 3.63) is 65.8 Å². The van der Waals surface area contributed by atoms with E-state index in [0.717, 1.165) is 16.7 Å². The van der Waals surface area contributed by atoms with Crippen molar-refractivity contribution in [2.75, 3.05) is 28.4 Å². The number of benzene rings is 2. The number of rotatable bonds is 9. The molecule has 0 aromatic heterocycles. The third-order valence-corrected chi connectivity index (χ3v) is 4.08. The summed E-state index contributed by atoms with van der Waals surface area (Å²) in [5.74, 6) is 1.56. The van der Waals surface area contributed by atoms with Crippen LogP contribution in [0.5, 0.6) is 23.0 Å². The summed E-state index contributed by atoms with van der Waals surface area (Å²) in [5, 5.41) is 8.83. The fraction of sp³-hybridized carbons (Fsp3) is 0.227. The largest absolute Gasteiger partial charge is 0.493 e. The molecule has 0 aliphatic carbocycles. The summed E-state index contributed by atoms with van der Waals surface area (Å²) in [6.45, 7) is 0. The van der Waals surface area contributed by atoms with Crippen molar-refractivity contribution < 1.29 is 28.8 Å². The molecule has 0 fully saturated rings. The van der Waals surface area contributed by atoms with Crippen LogP contribution in [-0.4, -0.2) is 39.5 Å². The van der Waals surface area contributed by atoms with E-state index < -0.39 is 5.97 Å². The number of aliphatic carboxylic acids is 1. The number of allylic oxidation sites excluding steroid dienone is 2. The van der Waals surface area contributed by atoms with Crippen LogP contribution in [0.25, 0.3) is 5.57 Å². The van der Waals surface area contributed by atoms with Gasteiger partial charge in [0, 0.05) is 0 Å². The molecule has 2 aromatic carbocycles. The van der Waals surface area contributed by atoms with Crippen molar-refractivity contribution in [3.63, 3.8) is 0 Å². The SMILES string of the molecule is COc1ccc(C(=C/C=C/CC(=O)O)c2ccc(OC)c(OC)c2)cc1OC. The van der Waals surface area contributed by atoms with Crippen molar-refractivity contribution in [1.82, 2.24) is 0 Å². The molecule has 6 nitrogen and oxygen atoms in total. The number of carboxylic acid groups (broad SMARTS) is 1. The van der Waals surface area contributed by atoms with E-state index in [4.69, 9.17) is 24.1 Å². The molecule has 0 amide bonds. The van der Waals surface area contributed by atoms with E-state index in [1.165, 1.54) is 0 Å². The van der Waals surface area contributed by atoms with Gasteiger partial charge in [0.2, 0.25) is 0 Å². The number of carbonyl (C=O) groups is 1. The van der Waals surface area contributed by atoms with Gasteiger partial charge in [0.25, 0.3) is 0 Å². The standard InChI is InChI=1S/C22H24O6/c1-25-18-11-9-15(13-20(18)27-3)17(7-5-6-8-22(23)24)16-10-12-19(26-2)21(14-16)28-4/h5-7,9-14H,8H2,1-4H3,(H,23,24)/b6-5+. The number of hydrogen-bond donors (Lipinski definition) is 1. The van der Waals surface area contributed by atoms with Gasteiger partial charge < -0.3 is 24.1 Å². The smallest absolute Gasteiger partial charge is 0.307 e. The Bertz CT molecular complexity index is 825. The third-order valence-electron chi connectivity index (χ3n) is 4.08. The molecule has 2 rings (SSSR count). The molecule has 0 unspecified atom stereocenters. The lowest BCUT2D eigenvalue weighted by molar-refractivity contribution is -0.136. The topological polar surface area (TPSA) is 74.2 Å². The van der Waals surface area contributed by atoms with Crippen LogP contribution in [-0.2, 0) is 4.79 Å². The summed E-state index contributed by atoms with van der Waals surface area (Å²) >= 11 is 0. The summed E-state index contributed by atoms with van der Waals surface area (Å²) in [6, 6.07) is 11.2. The Morgan fingerprint density at radius 1 is 0.821 bits per heavy atom. The molecule has 148 valence electrons. The first-order valence-corrected chi connectivity index (χ1v) is 8.57. The first-order valence-electron chi connectivity index (χ1n) is 8.57. The number of ether oxygens (including phenoxy) is 4. The monoisotopic (exact) mass is 384 g/mol. The molecule has 0 aliphatic rings. The van der Waals surface area contributed by atoms with E-state index in [9.17, 15) is 4.79 Å². The zero-order valence-corrected chi connectivity index (χ0v) is 16.4. The van der Waals surface area contributed by atoms with Crippen LogP contribution in [0.15, 0.2) is 54.6 Å². The van der Waals surface area contributed by atoms with E-state index in [-0.39, 0.29) is 6.42 Å². The summed E-state index contributed by atoms with van der Waals surface area (Å²) < 4.78 is 21.4. The molecule has 0 saturated carbocycles. The Balaban J connectivity index is 2.56. The van der Waals surface area contributed by atoms with E-state index in [1.807, 2.05) is 42.5 Å². The zero-order chi connectivity index (χ0) is 20.5. The third kappa shape index (κ3) is 5.07. The van der Waals surface area contributed by atoms with Crippen LogP contribution in [0.4, 0.5) is 0 Å². The minimum absolute atomic E-state index is 0.0539. The molecule has 0 bridgehead atoms. The minimum atomic E-state index is -0.886. The van der Waals surface area contributed by atoms with E-state index >= 15 is 0 Å². The number of methoxy groups -OCH3 is 4. The molecule has 0 aliphatic heterocycles. The molecule has 28 heavy (non-hydrogen) atoms. The quantitative estimate of drug-likeness (QED) is 0.654. The van der Waals surface area contributed by atoms with Crippen molar-refractivity contribution in [3.8, 4) is 23.0 Å². The second kappa shape index (κ2) is 10.1. The maximum atomic E-state index is 10.8. The predicted molar refractivity (Wildman–Crippen MR) is 108 cm³/mol. The van der Waals surface area contributed by atoms with Gasteiger partial charge in [-0.15, -0.1) is 0 Å². The van der Waals surface area contributed by atoms with Gasteiger partial charge in [-0.3, -0.25) is 4.79 Å². The van der Waals surface area contributed by atoms with Crippen LogP contribution >= 0.6 is 0 Å². The second-order valence-electron chi connectivity index (χ2n) is 5.75. The highest BCUT2D eigenvalue weighted by Crippen LogP contribution is 2.36. The Labute approximate surface area is 164 Å². The lowest BCUT2D eigenvalue weighted by Gasteiger charge is -2.14. The Morgan fingerprint density at radius 3 is 1.68 bits per heavy atom. The van der Waals surface area contributed by atoms with Gasteiger partial charge >= 0.3 is 5.97 Å². The summed E-state index contributed by atoms with van der Waals surface area (Å²) in [5.41, 5.74) is 2.62. The maximum absolute atomic E-state index is 10.8. The predicted octanol–water partition coefficient (Wildman–Crippen LogP) is 4.18. The normalized spacial score (nSPS) is 10.4. The van der Waals surface area contributed by atoms with Gasteiger partial charge in [0.1, 0.15) is 0 Å². The highest BCUT2D eigenvalue weighted by atomic mass is 16.5. The second-order valence-corrected chi connectivity index (χ2v) is 5.75. The van der Waals surface area contributed by atoms with Crippen LogP contribution < -0.4 is 18.9 Å². The van der Waals surface area contributed by atoms with Crippen molar-refractivity contribution in [2.45, 2.75) is 6.42 Å². The van der Waals surface area contributed by atoms with Crippen LogP contribution in [0, 0.1) is 0 Å². The van der Waals surface area contributed by atoms with Crippen molar-refractivity contribution >= 4 is 11.5 Å².